The van der Waals surface area contributed by atoms with E-state index in [0.717, 1.165) is 11.3 Å². The minimum absolute atomic E-state index is 0.116. The van der Waals surface area contributed by atoms with Crippen molar-refractivity contribution < 1.29 is 14.0 Å². The van der Waals surface area contributed by atoms with Gasteiger partial charge in [0.25, 0.3) is 11.8 Å². The van der Waals surface area contributed by atoms with E-state index >= 15 is 0 Å². The van der Waals surface area contributed by atoms with Crippen molar-refractivity contribution in [3.8, 4) is 0 Å². The number of hydrogen-bond donors (Lipinski definition) is 2. The van der Waals surface area contributed by atoms with Crippen molar-refractivity contribution >= 4 is 34.1 Å². The van der Waals surface area contributed by atoms with Gasteiger partial charge in [-0.1, -0.05) is 18.2 Å². The number of benzene rings is 2. The number of hydrogen-bond acceptors (Lipinski definition) is 4. The molecule has 7 heteroatoms. The molecule has 1 aliphatic rings. The molecule has 0 radical (unpaired) electrons. The number of H-pyrrole nitrogens is 1. The number of rotatable bonds is 3. The van der Waals surface area contributed by atoms with E-state index in [1.165, 1.54) is 18.6 Å². The second kappa shape index (κ2) is 7.04. The third kappa shape index (κ3) is 3.06. The lowest BCUT2D eigenvalue weighted by Gasteiger charge is -2.16. The topological polar surface area (TPSA) is 95.4 Å². The monoisotopic (exact) mass is 399 g/mol. The van der Waals surface area contributed by atoms with Crippen LogP contribution in [0.25, 0.3) is 10.9 Å². The van der Waals surface area contributed by atoms with Gasteiger partial charge in [0.2, 0.25) is 5.56 Å². The minimum Gasteiger partial charge on any atom is -0.472 e. The van der Waals surface area contributed by atoms with Crippen LogP contribution in [-0.2, 0) is 6.42 Å². The van der Waals surface area contributed by atoms with Crippen LogP contribution in [0.4, 0.5) is 11.4 Å². The quantitative estimate of drug-likeness (QED) is 0.550. The van der Waals surface area contributed by atoms with Crippen LogP contribution in [-0.4, -0.2) is 23.3 Å². The summed E-state index contributed by atoms with van der Waals surface area (Å²) < 4.78 is 5.01. The van der Waals surface area contributed by atoms with Gasteiger partial charge in [0.1, 0.15) is 6.26 Å². The molecule has 3 heterocycles. The van der Waals surface area contributed by atoms with E-state index in [9.17, 15) is 14.4 Å². The Morgan fingerprint density at radius 1 is 1.07 bits per heavy atom. The van der Waals surface area contributed by atoms with Crippen LogP contribution in [0.2, 0.25) is 0 Å². The van der Waals surface area contributed by atoms with Crippen LogP contribution in [0.5, 0.6) is 0 Å². The van der Waals surface area contributed by atoms with Crippen LogP contribution in [0, 0.1) is 0 Å². The average molecular weight is 399 g/mol. The first-order valence-electron chi connectivity index (χ1n) is 9.50. The molecule has 0 unspecified atom stereocenters. The van der Waals surface area contributed by atoms with Crippen molar-refractivity contribution in [2.24, 2.45) is 0 Å². The maximum atomic E-state index is 12.9. The number of fused-ring (bicyclic) bond motifs is 2. The van der Waals surface area contributed by atoms with Crippen LogP contribution in [0.3, 0.4) is 0 Å². The Balaban J connectivity index is 1.42. The molecule has 5 rings (SSSR count). The molecular weight excluding hydrogens is 382 g/mol. The Kier molecular flexibility index (Phi) is 4.21. The summed E-state index contributed by atoms with van der Waals surface area (Å²) in [5.74, 6) is -0.476. The van der Waals surface area contributed by atoms with Gasteiger partial charge in [0.05, 0.1) is 17.4 Å². The lowest BCUT2D eigenvalue weighted by molar-refractivity contribution is 0.0987. The number of para-hydroxylation sites is 1. The highest BCUT2D eigenvalue weighted by Gasteiger charge is 2.26. The molecule has 0 aliphatic carbocycles. The normalized spacial score (nSPS) is 12.7. The maximum absolute atomic E-state index is 12.9. The van der Waals surface area contributed by atoms with Crippen LogP contribution in [0.15, 0.2) is 76.3 Å². The number of carbonyl (C=O) groups excluding carboxylic acids is 2. The number of aromatic nitrogens is 1. The van der Waals surface area contributed by atoms with Gasteiger partial charge >= 0.3 is 0 Å². The average Bonchev–Trinajstić information content (AvgIpc) is 3.42. The Hall–Kier alpha value is -4.13. The highest BCUT2D eigenvalue weighted by atomic mass is 16.3. The standard InChI is InChI=1S/C23H17N3O4/c27-21-12-18(17-3-1-2-4-19(17)25-21)22(28)24-16-5-6-20-14(11-16)7-9-26(20)23(29)15-8-10-30-13-15/h1-6,8,10-13H,7,9H2,(H,24,28)(H,25,27). The van der Waals surface area contributed by atoms with E-state index in [2.05, 4.69) is 10.3 Å². The summed E-state index contributed by atoms with van der Waals surface area (Å²) in [7, 11) is 0. The molecular formula is C23H17N3O4. The van der Waals surface area contributed by atoms with Gasteiger partial charge in [-0.15, -0.1) is 0 Å². The lowest BCUT2D eigenvalue weighted by atomic mass is 10.1. The second-order valence-corrected chi connectivity index (χ2v) is 7.11. The molecule has 0 spiro atoms. The van der Waals surface area contributed by atoms with Gasteiger partial charge in [-0.2, -0.15) is 0 Å². The summed E-state index contributed by atoms with van der Waals surface area (Å²) in [5.41, 5.74) is 3.49. The summed E-state index contributed by atoms with van der Waals surface area (Å²) in [5, 5.41) is 3.54. The number of aromatic amines is 1. The fraction of sp³-hybridized carbons (Fsp3) is 0.0870. The molecule has 7 nitrogen and oxygen atoms in total. The largest absolute Gasteiger partial charge is 0.472 e. The zero-order valence-electron chi connectivity index (χ0n) is 15.8. The second-order valence-electron chi connectivity index (χ2n) is 7.11. The number of amides is 2. The van der Waals surface area contributed by atoms with Crippen molar-refractivity contribution in [1.82, 2.24) is 4.98 Å². The van der Waals surface area contributed by atoms with Crippen LogP contribution < -0.4 is 15.8 Å². The molecule has 2 amide bonds. The molecule has 2 aromatic carbocycles. The van der Waals surface area contributed by atoms with E-state index in [0.29, 0.717) is 40.7 Å². The van der Waals surface area contributed by atoms with Crippen LogP contribution >= 0.6 is 0 Å². The molecule has 148 valence electrons. The molecule has 0 atom stereocenters. The molecule has 0 saturated heterocycles. The predicted molar refractivity (Wildman–Crippen MR) is 113 cm³/mol. The summed E-state index contributed by atoms with van der Waals surface area (Å²) in [4.78, 5) is 41.9. The van der Waals surface area contributed by atoms with Gasteiger partial charge in [-0.25, -0.2) is 0 Å². The molecule has 1 aliphatic heterocycles. The van der Waals surface area contributed by atoms with E-state index in [1.54, 1.807) is 35.2 Å². The molecule has 0 bridgehead atoms. The Bertz CT molecular complexity index is 1340. The first kappa shape index (κ1) is 17.9. The number of carbonyl (C=O) groups is 2. The fourth-order valence-corrected chi connectivity index (χ4v) is 3.82. The first-order chi connectivity index (χ1) is 14.6. The van der Waals surface area contributed by atoms with Gasteiger partial charge < -0.3 is 19.6 Å². The fourth-order valence-electron chi connectivity index (χ4n) is 3.82. The van der Waals surface area contributed by atoms with E-state index < -0.39 is 0 Å². The Morgan fingerprint density at radius 3 is 2.77 bits per heavy atom. The number of nitrogens with zero attached hydrogens (tertiary/aromatic N) is 1. The Morgan fingerprint density at radius 2 is 1.93 bits per heavy atom. The number of pyridine rings is 1. The summed E-state index contributed by atoms with van der Waals surface area (Å²) >= 11 is 0. The van der Waals surface area contributed by atoms with Crippen molar-refractivity contribution in [3.63, 3.8) is 0 Å². The summed E-state index contributed by atoms with van der Waals surface area (Å²) in [6.07, 6.45) is 3.60. The van der Waals surface area contributed by atoms with Crippen molar-refractivity contribution in [3.05, 3.63) is 94.2 Å². The number of furan rings is 1. The summed E-state index contributed by atoms with van der Waals surface area (Å²) in [6, 6.07) is 15.6. The highest BCUT2D eigenvalue weighted by Crippen LogP contribution is 2.32. The van der Waals surface area contributed by atoms with Gasteiger partial charge in [-0.3, -0.25) is 14.4 Å². The van der Waals surface area contributed by atoms with Crippen molar-refractivity contribution in [2.45, 2.75) is 6.42 Å². The van der Waals surface area contributed by atoms with E-state index in [4.69, 9.17) is 4.42 Å². The zero-order valence-corrected chi connectivity index (χ0v) is 15.8. The molecule has 30 heavy (non-hydrogen) atoms. The number of anilines is 2. The predicted octanol–water partition coefficient (Wildman–Crippen LogP) is 3.58. The zero-order chi connectivity index (χ0) is 20.7. The number of nitrogens with one attached hydrogen (secondary N) is 2. The smallest absolute Gasteiger partial charge is 0.261 e. The third-order valence-electron chi connectivity index (χ3n) is 5.24. The van der Waals surface area contributed by atoms with E-state index in [-0.39, 0.29) is 17.4 Å². The minimum atomic E-state index is -0.360. The van der Waals surface area contributed by atoms with Crippen molar-refractivity contribution in [2.75, 3.05) is 16.8 Å². The lowest BCUT2D eigenvalue weighted by Crippen LogP contribution is -2.28. The van der Waals surface area contributed by atoms with E-state index in [1.807, 2.05) is 18.2 Å². The molecule has 2 N–H and O–H groups in total. The molecule has 0 saturated carbocycles. The molecule has 4 aromatic rings. The van der Waals surface area contributed by atoms with Crippen molar-refractivity contribution in [1.29, 1.82) is 0 Å². The SMILES string of the molecule is O=C(Nc1ccc2c(c1)CCN2C(=O)c1ccoc1)c1cc(=O)[nH]c2ccccc12. The van der Waals surface area contributed by atoms with Crippen LogP contribution in [0.1, 0.15) is 26.3 Å². The van der Waals surface area contributed by atoms with Gasteiger partial charge in [0, 0.05) is 34.9 Å². The maximum Gasteiger partial charge on any atom is 0.261 e. The highest BCUT2D eigenvalue weighted by molar-refractivity contribution is 6.12. The van der Waals surface area contributed by atoms with Gasteiger partial charge in [0.15, 0.2) is 0 Å². The Labute approximate surface area is 170 Å². The molecule has 2 aromatic heterocycles. The third-order valence-corrected chi connectivity index (χ3v) is 5.24. The first-order valence-corrected chi connectivity index (χ1v) is 9.50. The summed E-state index contributed by atoms with van der Waals surface area (Å²) in [6.45, 7) is 0.565. The van der Waals surface area contributed by atoms with Gasteiger partial charge in [-0.05, 0) is 42.3 Å². The molecule has 0 fully saturated rings.